The molecule has 0 bridgehead atoms. The van der Waals surface area contributed by atoms with Crippen molar-refractivity contribution in [1.29, 1.82) is 0 Å². The van der Waals surface area contributed by atoms with Crippen molar-refractivity contribution < 1.29 is 19.4 Å². The summed E-state index contributed by atoms with van der Waals surface area (Å²) in [6.07, 6.45) is 4.19. The second kappa shape index (κ2) is 7.99. The van der Waals surface area contributed by atoms with Crippen LogP contribution in [0.3, 0.4) is 0 Å². The molecule has 0 radical (unpaired) electrons. The van der Waals surface area contributed by atoms with Crippen molar-refractivity contribution >= 4 is 12.2 Å². The average Bonchev–Trinajstić information content (AvgIpc) is 2.58. The molecule has 0 atom stereocenters. The molecular weight excluding hydrogens is 306 g/mol. The third-order valence-electron chi connectivity index (χ3n) is 4.50. The van der Waals surface area contributed by atoms with Crippen molar-refractivity contribution in [2.24, 2.45) is 0 Å². The van der Waals surface area contributed by atoms with E-state index in [0.717, 1.165) is 36.8 Å². The van der Waals surface area contributed by atoms with E-state index in [1.54, 1.807) is 17.0 Å². The normalized spacial score (nSPS) is 14.7. The van der Waals surface area contributed by atoms with Crippen molar-refractivity contribution in [3.05, 3.63) is 34.9 Å². The first-order valence-corrected chi connectivity index (χ1v) is 8.33. The lowest BCUT2D eigenvalue weighted by atomic mass is 9.91. The molecule has 0 fully saturated rings. The zero-order valence-electron chi connectivity index (χ0n) is 14.5. The summed E-state index contributed by atoms with van der Waals surface area (Å²) >= 11 is 0. The molecule has 0 unspecified atom stereocenters. The molecule has 0 heterocycles. The molecule has 24 heavy (non-hydrogen) atoms. The summed E-state index contributed by atoms with van der Waals surface area (Å²) in [6, 6.07) is 4.87. The van der Waals surface area contributed by atoms with Crippen molar-refractivity contribution in [1.82, 2.24) is 4.90 Å². The maximum atomic E-state index is 12.7. The highest BCUT2D eigenvalue weighted by molar-refractivity contribution is 5.94. The van der Waals surface area contributed by atoms with Gasteiger partial charge < -0.3 is 14.7 Å². The van der Waals surface area contributed by atoms with Crippen molar-refractivity contribution in [2.45, 2.75) is 45.6 Å². The number of aldehydes is 1. The number of aromatic hydroxyl groups is 1. The molecule has 2 rings (SSSR count). The topological polar surface area (TPSA) is 66.8 Å². The van der Waals surface area contributed by atoms with Gasteiger partial charge in [0.25, 0.3) is 0 Å². The van der Waals surface area contributed by atoms with Gasteiger partial charge in [-0.15, -0.1) is 0 Å². The van der Waals surface area contributed by atoms with Crippen LogP contribution in [0.1, 0.15) is 49.9 Å². The van der Waals surface area contributed by atoms with Crippen molar-refractivity contribution in [3.8, 4) is 11.5 Å². The Morgan fingerprint density at radius 3 is 2.71 bits per heavy atom. The van der Waals surface area contributed by atoms with Crippen LogP contribution in [0.4, 0.5) is 0 Å². The Balaban J connectivity index is 2.21. The summed E-state index contributed by atoms with van der Waals surface area (Å²) in [7, 11) is 1.81. The molecule has 5 heteroatoms. The molecule has 1 aromatic carbocycles. The fraction of sp³-hybridized carbons (Fsp3) is 0.474. The molecule has 1 N–H and O–H groups in total. The lowest BCUT2D eigenvalue weighted by molar-refractivity contribution is -0.127. The summed E-state index contributed by atoms with van der Waals surface area (Å²) in [5, 5.41) is 9.72. The van der Waals surface area contributed by atoms with Crippen LogP contribution in [-0.4, -0.2) is 41.9 Å². The zero-order valence-corrected chi connectivity index (χ0v) is 14.5. The van der Waals surface area contributed by atoms with E-state index >= 15 is 0 Å². The van der Waals surface area contributed by atoms with Gasteiger partial charge in [0.05, 0.1) is 5.56 Å². The van der Waals surface area contributed by atoms with Crippen LogP contribution in [0.15, 0.2) is 29.3 Å². The largest absolute Gasteiger partial charge is 0.507 e. The number of hydrogen-bond acceptors (Lipinski definition) is 4. The number of carbonyl (C=O) groups is 2. The summed E-state index contributed by atoms with van der Waals surface area (Å²) in [5.74, 6) is 0.290. The van der Waals surface area contributed by atoms with Gasteiger partial charge >= 0.3 is 0 Å². The molecule has 5 nitrogen and oxygen atoms in total. The molecular formula is C19H25NO4. The van der Waals surface area contributed by atoms with Gasteiger partial charge in [0.15, 0.2) is 6.29 Å². The third kappa shape index (κ3) is 3.96. The van der Waals surface area contributed by atoms with Crippen LogP contribution >= 0.6 is 0 Å². The number of rotatable bonds is 6. The highest BCUT2D eigenvalue weighted by Crippen LogP contribution is 2.29. The van der Waals surface area contributed by atoms with Gasteiger partial charge in [-0.25, -0.2) is 0 Å². The number of amides is 1. The van der Waals surface area contributed by atoms with Crippen LogP contribution in [-0.2, 0) is 4.79 Å². The molecule has 0 spiro atoms. The SMILES string of the molecule is CC(C)N(C)C(=O)C1=C(COc2cccc(O)c2C=O)CCCC1. The predicted molar refractivity (Wildman–Crippen MR) is 92.4 cm³/mol. The Bertz CT molecular complexity index is 649. The summed E-state index contributed by atoms with van der Waals surface area (Å²) in [4.78, 5) is 25.5. The van der Waals surface area contributed by atoms with E-state index in [1.165, 1.54) is 6.07 Å². The van der Waals surface area contributed by atoms with E-state index in [0.29, 0.717) is 12.0 Å². The maximum absolute atomic E-state index is 12.7. The number of ether oxygens (including phenoxy) is 1. The summed E-state index contributed by atoms with van der Waals surface area (Å²) in [6.45, 7) is 4.23. The van der Waals surface area contributed by atoms with Crippen LogP contribution < -0.4 is 4.74 Å². The second-order valence-corrected chi connectivity index (χ2v) is 6.39. The van der Waals surface area contributed by atoms with Crippen molar-refractivity contribution in [2.75, 3.05) is 13.7 Å². The number of phenols is 1. The Morgan fingerprint density at radius 1 is 1.33 bits per heavy atom. The fourth-order valence-corrected chi connectivity index (χ4v) is 2.77. The number of likely N-dealkylation sites (N-methyl/N-ethyl adjacent to an activating group) is 1. The molecule has 1 aromatic rings. The number of hydrogen-bond donors (Lipinski definition) is 1. The molecule has 0 saturated heterocycles. The van der Waals surface area contributed by atoms with E-state index in [2.05, 4.69) is 0 Å². The number of phenolic OH excluding ortho intramolecular Hbond substituents is 1. The first-order valence-electron chi connectivity index (χ1n) is 8.33. The Morgan fingerprint density at radius 2 is 2.04 bits per heavy atom. The Kier molecular flexibility index (Phi) is 6.01. The molecule has 1 aliphatic carbocycles. The van der Waals surface area contributed by atoms with E-state index < -0.39 is 0 Å². The molecule has 0 saturated carbocycles. The summed E-state index contributed by atoms with van der Waals surface area (Å²) in [5.41, 5.74) is 1.95. The predicted octanol–water partition coefficient (Wildman–Crippen LogP) is 3.32. The lowest BCUT2D eigenvalue weighted by Crippen LogP contribution is -2.35. The monoisotopic (exact) mass is 331 g/mol. The Labute approximate surface area is 142 Å². The summed E-state index contributed by atoms with van der Waals surface area (Å²) < 4.78 is 5.75. The van der Waals surface area contributed by atoms with Crippen molar-refractivity contribution in [3.63, 3.8) is 0 Å². The number of carbonyl (C=O) groups excluding carboxylic acids is 2. The minimum atomic E-state index is -0.101. The van der Waals surface area contributed by atoms with Crippen LogP contribution in [0.5, 0.6) is 11.5 Å². The van der Waals surface area contributed by atoms with Crippen LogP contribution in [0, 0.1) is 0 Å². The van der Waals surface area contributed by atoms with Gasteiger partial charge in [0.1, 0.15) is 18.1 Å². The zero-order chi connectivity index (χ0) is 17.7. The van der Waals surface area contributed by atoms with E-state index in [1.807, 2.05) is 20.9 Å². The van der Waals surface area contributed by atoms with E-state index in [9.17, 15) is 14.7 Å². The standard InChI is InChI=1S/C19H25NO4/c1-13(2)20(3)19(23)15-8-5-4-7-14(15)12-24-18-10-6-9-17(22)16(18)11-21/h6,9-11,13,22H,4-5,7-8,12H2,1-3H3. The van der Waals surface area contributed by atoms with E-state index in [-0.39, 0.29) is 29.9 Å². The van der Waals surface area contributed by atoms with Gasteiger partial charge in [-0.05, 0) is 57.2 Å². The molecule has 0 aromatic heterocycles. The maximum Gasteiger partial charge on any atom is 0.249 e. The first kappa shape index (κ1) is 18.0. The fourth-order valence-electron chi connectivity index (χ4n) is 2.77. The van der Waals surface area contributed by atoms with Gasteiger partial charge in [-0.1, -0.05) is 6.07 Å². The average molecular weight is 331 g/mol. The smallest absolute Gasteiger partial charge is 0.249 e. The highest BCUT2D eigenvalue weighted by Gasteiger charge is 2.23. The lowest BCUT2D eigenvalue weighted by Gasteiger charge is -2.27. The van der Waals surface area contributed by atoms with Gasteiger partial charge in [0.2, 0.25) is 5.91 Å². The highest BCUT2D eigenvalue weighted by atomic mass is 16.5. The molecule has 0 aliphatic heterocycles. The quantitative estimate of drug-likeness (QED) is 0.812. The van der Waals surface area contributed by atoms with Crippen LogP contribution in [0.2, 0.25) is 0 Å². The molecule has 1 amide bonds. The number of nitrogens with zero attached hydrogens (tertiary/aromatic N) is 1. The minimum absolute atomic E-state index is 0.0508. The van der Waals surface area contributed by atoms with Gasteiger partial charge in [-0.3, -0.25) is 9.59 Å². The van der Waals surface area contributed by atoms with Gasteiger partial charge in [0, 0.05) is 18.7 Å². The third-order valence-corrected chi connectivity index (χ3v) is 4.50. The molecule has 130 valence electrons. The van der Waals surface area contributed by atoms with Crippen LogP contribution in [0.25, 0.3) is 0 Å². The van der Waals surface area contributed by atoms with E-state index in [4.69, 9.17) is 4.74 Å². The second-order valence-electron chi connectivity index (χ2n) is 6.39. The minimum Gasteiger partial charge on any atom is -0.507 e. The Hall–Kier alpha value is -2.30. The number of benzene rings is 1. The van der Waals surface area contributed by atoms with Gasteiger partial charge in [-0.2, -0.15) is 0 Å². The molecule has 1 aliphatic rings. The first-order chi connectivity index (χ1) is 11.5.